The maximum absolute atomic E-state index is 14.3. The predicted octanol–water partition coefficient (Wildman–Crippen LogP) is 6.92. The zero-order valence-corrected chi connectivity index (χ0v) is 25.1. The normalized spacial score (nSPS) is 24.0. The van der Waals surface area contributed by atoms with Crippen molar-refractivity contribution in [3.05, 3.63) is 131 Å². The number of carbonyl (C=O) groups is 4. The van der Waals surface area contributed by atoms with Crippen molar-refractivity contribution in [3.8, 4) is 5.75 Å². The SMILES string of the molecule is CC1=CC(=O)C2=C(C[C@@H]3C(=CC[C@@H]4C(=O)N(c5ccc(Nc6ccccc6)cc5)C(=O)[C@@H]43)[C@@H]2c2c(O)ccc3ccccc23)C1=O. The van der Waals surface area contributed by atoms with Crippen LogP contribution in [0.15, 0.2) is 125 Å². The first-order valence-electron chi connectivity index (χ1n) is 15.5. The highest BCUT2D eigenvalue weighted by molar-refractivity contribution is 6.25. The number of anilines is 3. The number of para-hydroxylation sites is 1. The van der Waals surface area contributed by atoms with E-state index in [2.05, 4.69) is 5.32 Å². The second-order valence-electron chi connectivity index (χ2n) is 12.5. The molecule has 0 bridgehead atoms. The first kappa shape index (κ1) is 28.0. The molecule has 1 saturated heterocycles. The van der Waals surface area contributed by atoms with Crippen molar-refractivity contribution in [2.24, 2.45) is 17.8 Å². The van der Waals surface area contributed by atoms with Gasteiger partial charge in [-0.1, -0.05) is 60.2 Å². The van der Waals surface area contributed by atoms with Gasteiger partial charge >= 0.3 is 0 Å². The average molecular weight is 607 g/mol. The molecule has 0 spiro atoms. The van der Waals surface area contributed by atoms with E-state index in [4.69, 9.17) is 0 Å². The van der Waals surface area contributed by atoms with E-state index in [0.717, 1.165) is 27.7 Å². The van der Waals surface area contributed by atoms with Gasteiger partial charge in [0.1, 0.15) is 5.75 Å². The monoisotopic (exact) mass is 606 g/mol. The quantitative estimate of drug-likeness (QED) is 0.148. The van der Waals surface area contributed by atoms with Gasteiger partial charge in [-0.15, -0.1) is 0 Å². The van der Waals surface area contributed by atoms with Gasteiger partial charge in [0, 0.05) is 39.6 Å². The molecule has 1 heterocycles. The molecule has 1 aliphatic heterocycles. The summed E-state index contributed by atoms with van der Waals surface area (Å²) in [5.41, 5.74) is 4.68. The van der Waals surface area contributed by atoms with Gasteiger partial charge in [-0.25, -0.2) is 0 Å². The molecule has 7 heteroatoms. The molecule has 4 aromatic rings. The topological polar surface area (TPSA) is 104 Å². The summed E-state index contributed by atoms with van der Waals surface area (Å²) in [5, 5.41) is 16.3. The Bertz CT molecular complexity index is 2090. The van der Waals surface area contributed by atoms with Crippen LogP contribution in [-0.4, -0.2) is 28.5 Å². The fourth-order valence-corrected chi connectivity index (χ4v) is 7.94. The minimum Gasteiger partial charge on any atom is -0.508 e. The van der Waals surface area contributed by atoms with Crippen LogP contribution < -0.4 is 10.2 Å². The van der Waals surface area contributed by atoms with Crippen LogP contribution in [0.1, 0.15) is 31.2 Å². The highest BCUT2D eigenvalue weighted by Crippen LogP contribution is 2.57. The van der Waals surface area contributed by atoms with Gasteiger partial charge in [-0.05, 0) is 85.0 Å². The first-order chi connectivity index (χ1) is 22.3. The van der Waals surface area contributed by atoms with E-state index in [1.54, 1.807) is 25.1 Å². The number of carbonyl (C=O) groups excluding carboxylic acids is 4. The molecule has 226 valence electrons. The van der Waals surface area contributed by atoms with E-state index in [1.165, 1.54) is 11.0 Å². The largest absolute Gasteiger partial charge is 0.508 e. The molecule has 2 N–H and O–H groups in total. The van der Waals surface area contributed by atoms with Gasteiger partial charge < -0.3 is 10.4 Å². The van der Waals surface area contributed by atoms with Crippen LogP contribution in [-0.2, 0) is 19.2 Å². The van der Waals surface area contributed by atoms with Gasteiger partial charge in [0.25, 0.3) is 0 Å². The summed E-state index contributed by atoms with van der Waals surface area (Å²) in [7, 11) is 0. The third-order valence-corrected chi connectivity index (χ3v) is 9.99. The van der Waals surface area contributed by atoms with Crippen LogP contribution in [0.2, 0.25) is 0 Å². The standard InChI is InChI=1S/C39H30N2O5/c1-21-19-32(43)35-30(37(21)44)20-29-27(36(35)34-26-10-6-5-7-22(26)11-18-31(34)42)16-17-28-33(29)39(46)41(38(28)45)25-14-12-24(13-15-25)40-23-8-3-2-4-9-23/h2-16,18-19,28-29,33,36,40,42H,17,20H2,1H3/t28-,29+,33-,36+/m0/s1. The van der Waals surface area contributed by atoms with Crippen LogP contribution in [0.4, 0.5) is 17.1 Å². The van der Waals surface area contributed by atoms with Gasteiger partial charge in [-0.3, -0.25) is 24.1 Å². The van der Waals surface area contributed by atoms with Gasteiger partial charge in [-0.2, -0.15) is 0 Å². The molecule has 7 nitrogen and oxygen atoms in total. The molecule has 8 rings (SSSR count). The summed E-state index contributed by atoms with van der Waals surface area (Å²) in [6, 6.07) is 28.0. The second kappa shape index (κ2) is 10.5. The number of ketones is 2. The Kier molecular flexibility index (Phi) is 6.39. The summed E-state index contributed by atoms with van der Waals surface area (Å²) < 4.78 is 0. The Morgan fingerprint density at radius 3 is 2.28 bits per heavy atom. The number of nitrogens with zero attached hydrogens (tertiary/aromatic N) is 1. The molecule has 4 atom stereocenters. The van der Waals surface area contributed by atoms with Crippen LogP contribution >= 0.6 is 0 Å². The first-order valence-corrected chi connectivity index (χ1v) is 15.5. The highest BCUT2D eigenvalue weighted by atomic mass is 16.3. The van der Waals surface area contributed by atoms with Crippen molar-refractivity contribution < 1.29 is 24.3 Å². The maximum Gasteiger partial charge on any atom is 0.238 e. The Morgan fingerprint density at radius 2 is 1.50 bits per heavy atom. The number of allylic oxidation sites excluding steroid dienone is 6. The number of aromatic hydroxyl groups is 1. The van der Waals surface area contributed by atoms with Crippen molar-refractivity contribution in [2.45, 2.75) is 25.7 Å². The number of Topliss-reactive ketones (excluding diaryl/α,β-unsaturated/α-hetero) is 1. The van der Waals surface area contributed by atoms with E-state index in [0.29, 0.717) is 34.4 Å². The lowest BCUT2D eigenvalue weighted by Gasteiger charge is -2.42. The molecule has 3 aliphatic carbocycles. The van der Waals surface area contributed by atoms with Crippen molar-refractivity contribution in [1.29, 1.82) is 0 Å². The molecule has 4 aromatic carbocycles. The lowest BCUT2D eigenvalue weighted by molar-refractivity contribution is -0.123. The number of hydrogen-bond acceptors (Lipinski definition) is 6. The predicted molar refractivity (Wildman–Crippen MR) is 176 cm³/mol. The smallest absolute Gasteiger partial charge is 0.238 e. The number of benzene rings is 4. The molecule has 2 amide bonds. The zero-order valence-electron chi connectivity index (χ0n) is 25.1. The number of rotatable bonds is 4. The number of amides is 2. The Labute approximate surface area is 265 Å². The zero-order chi connectivity index (χ0) is 31.7. The molecule has 0 radical (unpaired) electrons. The molecule has 0 aromatic heterocycles. The van der Waals surface area contributed by atoms with Crippen molar-refractivity contribution in [1.82, 2.24) is 0 Å². The van der Waals surface area contributed by atoms with E-state index < -0.39 is 23.7 Å². The lowest BCUT2D eigenvalue weighted by Crippen LogP contribution is -2.39. The fourth-order valence-electron chi connectivity index (χ4n) is 7.94. The van der Waals surface area contributed by atoms with E-state index >= 15 is 0 Å². The number of nitrogens with one attached hydrogen (secondary N) is 1. The van der Waals surface area contributed by atoms with Crippen molar-refractivity contribution in [3.63, 3.8) is 0 Å². The summed E-state index contributed by atoms with van der Waals surface area (Å²) >= 11 is 0. The lowest BCUT2D eigenvalue weighted by atomic mass is 9.59. The summed E-state index contributed by atoms with van der Waals surface area (Å²) in [4.78, 5) is 56.8. The third-order valence-electron chi connectivity index (χ3n) is 9.99. The molecular weight excluding hydrogens is 576 g/mol. The van der Waals surface area contributed by atoms with E-state index in [-0.39, 0.29) is 35.6 Å². The van der Waals surface area contributed by atoms with Crippen molar-refractivity contribution in [2.75, 3.05) is 10.2 Å². The Hall–Kier alpha value is -5.56. The second-order valence-corrected chi connectivity index (χ2v) is 12.5. The maximum atomic E-state index is 14.3. The third kappa shape index (κ3) is 4.19. The minimum atomic E-state index is -0.720. The summed E-state index contributed by atoms with van der Waals surface area (Å²) in [6.45, 7) is 1.63. The van der Waals surface area contributed by atoms with Crippen LogP contribution in [0, 0.1) is 17.8 Å². The molecule has 0 saturated carbocycles. The Balaban J connectivity index is 1.20. The molecule has 4 aliphatic rings. The number of fused-ring (bicyclic) bond motifs is 4. The molecule has 1 fully saturated rings. The minimum absolute atomic E-state index is 0.0189. The van der Waals surface area contributed by atoms with E-state index in [1.807, 2.05) is 78.9 Å². The van der Waals surface area contributed by atoms with Crippen molar-refractivity contribution >= 4 is 51.2 Å². The van der Waals surface area contributed by atoms with Crippen LogP contribution in [0.5, 0.6) is 5.75 Å². The summed E-state index contributed by atoms with van der Waals surface area (Å²) in [5.74, 6) is -3.52. The van der Waals surface area contributed by atoms with Crippen LogP contribution in [0.3, 0.4) is 0 Å². The Morgan fingerprint density at radius 1 is 0.783 bits per heavy atom. The number of hydrogen-bond donors (Lipinski definition) is 2. The molecule has 46 heavy (non-hydrogen) atoms. The molecular formula is C39H30N2O5. The van der Waals surface area contributed by atoms with Gasteiger partial charge in [0.2, 0.25) is 11.8 Å². The number of phenolic OH excluding ortho intramolecular Hbond substituents is 1. The van der Waals surface area contributed by atoms with E-state index in [9.17, 15) is 24.3 Å². The fraction of sp³-hybridized carbons (Fsp3) is 0.179. The summed E-state index contributed by atoms with van der Waals surface area (Å²) in [6.07, 6.45) is 3.87. The molecule has 0 unspecified atom stereocenters. The van der Waals surface area contributed by atoms with Gasteiger partial charge in [0.05, 0.1) is 17.5 Å². The number of imide groups is 1. The highest BCUT2D eigenvalue weighted by Gasteiger charge is 2.57. The average Bonchev–Trinajstić information content (AvgIpc) is 3.33. The van der Waals surface area contributed by atoms with Crippen LogP contribution in [0.25, 0.3) is 10.8 Å². The van der Waals surface area contributed by atoms with Gasteiger partial charge in [0.15, 0.2) is 11.6 Å². The number of phenols is 1.